The molecule has 0 bridgehead atoms. The highest BCUT2D eigenvalue weighted by Crippen LogP contribution is 2.33. The van der Waals surface area contributed by atoms with Crippen LogP contribution in [0, 0.1) is 0 Å². The summed E-state index contributed by atoms with van der Waals surface area (Å²) in [4.78, 5) is 0. The van der Waals surface area contributed by atoms with Crippen molar-refractivity contribution in [1.82, 2.24) is 0 Å². The van der Waals surface area contributed by atoms with Gasteiger partial charge in [-0.15, -0.1) is 33.8 Å². The molecule has 0 aromatic carbocycles. The van der Waals surface area contributed by atoms with Crippen LogP contribution in [0.2, 0.25) is 6.55 Å². The molecule has 0 spiro atoms. The standard InChI is InChI=1S/C7H11Cl3Si/c1-11(9,10)7-4-2-3-6(8)5-7/h5-6H,2-4H2,1H3. The molecule has 0 saturated heterocycles. The van der Waals surface area contributed by atoms with Crippen molar-refractivity contribution >= 4 is 40.5 Å². The van der Waals surface area contributed by atoms with Crippen LogP contribution in [0.5, 0.6) is 0 Å². The van der Waals surface area contributed by atoms with Gasteiger partial charge in [0.2, 0.25) is 0 Å². The molecule has 0 aromatic heterocycles. The highest BCUT2D eigenvalue weighted by Gasteiger charge is 2.28. The summed E-state index contributed by atoms with van der Waals surface area (Å²) in [6.07, 6.45) is 5.27. The van der Waals surface area contributed by atoms with Gasteiger partial charge in [-0.05, 0) is 25.8 Å². The van der Waals surface area contributed by atoms with E-state index in [-0.39, 0.29) is 5.38 Å². The first kappa shape index (κ1) is 9.91. The lowest BCUT2D eigenvalue weighted by molar-refractivity contribution is 0.725. The zero-order chi connectivity index (χ0) is 8.48. The minimum atomic E-state index is -2.08. The molecule has 11 heavy (non-hydrogen) atoms. The second-order valence-electron chi connectivity index (χ2n) is 2.99. The molecule has 1 rings (SSSR count). The number of allylic oxidation sites excluding steroid dienone is 2. The van der Waals surface area contributed by atoms with Crippen LogP contribution in [0.1, 0.15) is 19.3 Å². The van der Waals surface area contributed by atoms with Crippen molar-refractivity contribution in [3.05, 3.63) is 11.3 Å². The van der Waals surface area contributed by atoms with Gasteiger partial charge < -0.3 is 0 Å². The minimum absolute atomic E-state index is 0.156. The molecule has 0 fully saturated rings. The minimum Gasteiger partial charge on any atom is -0.140 e. The predicted octanol–water partition coefficient (Wildman–Crippen LogP) is 3.79. The Morgan fingerprint density at radius 3 is 2.55 bits per heavy atom. The number of halogens is 3. The van der Waals surface area contributed by atoms with Crippen molar-refractivity contribution < 1.29 is 0 Å². The smallest absolute Gasteiger partial charge is 0.140 e. The maximum Gasteiger partial charge on any atom is 0.273 e. The fourth-order valence-electron chi connectivity index (χ4n) is 1.24. The van der Waals surface area contributed by atoms with Crippen LogP contribution in [0.3, 0.4) is 0 Å². The van der Waals surface area contributed by atoms with Crippen LogP contribution in [0.4, 0.5) is 0 Å². The van der Waals surface area contributed by atoms with Gasteiger partial charge in [-0.25, -0.2) is 0 Å². The van der Waals surface area contributed by atoms with E-state index in [1.54, 1.807) is 0 Å². The number of alkyl halides is 1. The summed E-state index contributed by atoms with van der Waals surface area (Å²) in [5.41, 5.74) is 0. The number of hydrogen-bond acceptors (Lipinski definition) is 0. The summed E-state index contributed by atoms with van der Waals surface area (Å²) >= 11 is 18.1. The Morgan fingerprint density at radius 2 is 2.18 bits per heavy atom. The lowest BCUT2D eigenvalue weighted by atomic mass is 10.1. The molecule has 0 aromatic rings. The van der Waals surface area contributed by atoms with E-state index in [2.05, 4.69) is 0 Å². The average Bonchev–Trinajstić information content (AvgIpc) is 1.86. The van der Waals surface area contributed by atoms with Crippen LogP contribution in [0.15, 0.2) is 11.3 Å². The van der Waals surface area contributed by atoms with E-state index in [0.29, 0.717) is 0 Å². The normalized spacial score (nSPS) is 26.5. The van der Waals surface area contributed by atoms with Crippen LogP contribution in [-0.2, 0) is 0 Å². The van der Waals surface area contributed by atoms with Gasteiger partial charge in [-0.3, -0.25) is 0 Å². The summed E-state index contributed by atoms with van der Waals surface area (Å²) < 4.78 is 0. The zero-order valence-electron chi connectivity index (χ0n) is 6.41. The SMILES string of the molecule is C[Si](Cl)(Cl)C1=CC(Cl)CCC1. The number of rotatable bonds is 1. The van der Waals surface area contributed by atoms with E-state index >= 15 is 0 Å². The zero-order valence-corrected chi connectivity index (χ0v) is 9.68. The van der Waals surface area contributed by atoms with Crippen molar-refractivity contribution in [1.29, 1.82) is 0 Å². The van der Waals surface area contributed by atoms with Crippen LogP contribution in [-0.4, -0.2) is 12.1 Å². The van der Waals surface area contributed by atoms with Crippen molar-refractivity contribution in [2.45, 2.75) is 31.2 Å². The van der Waals surface area contributed by atoms with Gasteiger partial charge in [0.05, 0.1) is 5.38 Å². The predicted molar refractivity (Wildman–Crippen MR) is 54.9 cm³/mol. The van der Waals surface area contributed by atoms with E-state index in [1.165, 1.54) is 5.20 Å². The largest absolute Gasteiger partial charge is 0.273 e. The molecule has 0 amide bonds. The summed E-state index contributed by atoms with van der Waals surface area (Å²) in [7, 11) is 0. The fraction of sp³-hybridized carbons (Fsp3) is 0.714. The fourth-order valence-corrected chi connectivity index (χ4v) is 3.70. The maximum atomic E-state index is 6.05. The van der Waals surface area contributed by atoms with Crippen LogP contribution < -0.4 is 0 Å². The molecule has 0 heterocycles. The summed E-state index contributed by atoms with van der Waals surface area (Å²) in [6, 6.07) is 0. The third-order valence-electron chi connectivity index (χ3n) is 1.87. The van der Waals surface area contributed by atoms with Crippen molar-refractivity contribution in [3.8, 4) is 0 Å². The second kappa shape index (κ2) is 3.69. The highest BCUT2D eigenvalue weighted by molar-refractivity contribution is 7.48. The molecule has 1 unspecified atom stereocenters. The van der Waals surface area contributed by atoms with Gasteiger partial charge in [-0.2, -0.15) is 0 Å². The van der Waals surface area contributed by atoms with Crippen LogP contribution in [0.25, 0.3) is 0 Å². The average molecular weight is 230 g/mol. The molecule has 64 valence electrons. The van der Waals surface area contributed by atoms with Crippen molar-refractivity contribution in [3.63, 3.8) is 0 Å². The summed E-state index contributed by atoms with van der Waals surface area (Å²) in [5, 5.41) is 1.36. The Morgan fingerprint density at radius 1 is 1.55 bits per heavy atom. The molecular weight excluding hydrogens is 219 g/mol. The Bertz CT molecular complexity index is 171. The monoisotopic (exact) mass is 228 g/mol. The molecular formula is C7H11Cl3Si. The van der Waals surface area contributed by atoms with Crippen molar-refractivity contribution in [2.75, 3.05) is 0 Å². The lowest BCUT2D eigenvalue weighted by Crippen LogP contribution is -2.21. The van der Waals surface area contributed by atoms with Gasteiger partial charge >= 0.3 is 0 Å². The quantitative estimate of drug-likeness (QED) is 0.365. The first-order chi connectivity index (χ1) is 5.00. The van der Waals surface area contributed by atoms with Gasteiger partial charge in [0.15, 0.2) is 0 Å². The van der Waals surface area contributed by atoms with E-state index < -0.39 is 6.69 Å². The van der Waals surface area contributed by atoms with E-state index in [4.69, 9.17) is 33.8 Å². The van der Waals surface area contributed by atoms with Gasteiger partial charge in [0.25, 0.3) is 6.69 Å². The summed E-state index contributed by atoms with van der Waals surface area (Å²) in [6.45, 7) is -0.150. The molecule has 1 aliphatic rings. The van der Waals surface area contributed by atoms with E-state index in [9.17, 15) is 0 Å². The maximum absolute atomic E-state index is 6.05. The Balaban J connectivity index is 2.71. The Labute approximate surface area is 82.9 Å². The molecule has 0 aliphatic heterocycles. The highest BCUT2D eigenvalue weighted by atomic mass is 35.7. The van der Waals surface area contributed by atoms with E-state index in [1.807, 2.05) is 12.6 Å². The van der Waals surface area contributed by atoms with Gasteiger partial charge in [0, 0.05) is 0 Å². The molecule has 0 nitrogen and oxygen atoms in total. The number of hydrogen-bond donors (Lipinski definition) is 0. The van der Waals surface area contributed by atoms with Crippen molar-refractivity contribution in [2.24, 2.45) is 0 Å². The van der Waals surface area contributed by atoms with Gasteiger partial charge in [-0.1, -0.05) is 11.3 Å². The topological polar surface area (TPSA) is 0 Å². The first-order valence-corrected chi connectivity index (χ1v) is 8.69. The third kappa shape index (κ3) is 2.98. The molecule has 0 N–H and O–H groups in total. The van der Waals surface area contributed by atoms with Crippen LogP contribution >= 0.6 is 33.8 Å². The van der Waals surface area contributed by atoms with Gasteiger partial charge in [0.1, 0.15) is 0 Å². The Hall–Kier alpha value is 0.827. The third-order valence-corrected chi connectivity index (χ3v) is 5.22. The molecule has 0 radical (unpaired) electrons. The first-order valence-electron chi connectivity index (χ1n) is 3.73. The second-order valence-corrected chi connectivity index (χ2v) is 11.1. The molecule has 4 heteroatoms. The molecule has 1 aliphatic carbocycles. The summed E-state index contributed by atoms with van der Waals surface area (Å²) in [5.74, 6) is 0. The molecule has 0 saturated carbocycles. The van der Waals surface area contributed by atoms with E-state index in [0.717, 1.165) is 19.3 Å². The lowest BCUT2D eigenvalue weighted by Gasteiger charge is -2.21. The molecule has 1 atom stereocenters. The Kier molecular flexibility index (Phi) is 3.33.